The summed E-state index contributed by atoms with van der Waals surface area (Å²) in [5.74, 6) is -1.50. The van der Waals surface area contributed by atoms with Gasteiger partial charge in [-0.15, -0.1) is 0 Å². The normalized spacial score (nSPS) is 22.0. The van der Waals surface area contributed by atoms with Crippen molar-refractivity contribution in [1.29, 1.82) is 0 Å². The molecule has 41 heavy (non-hydrogen) atoms. The first-order chi connectivity index (χ1) is 19.9. The zero-order valence-corrected chi connectivity index (χ0v) is 23.9. The number of esters is 2. The quantitative estimate of drug-likeness (QED) is 0.256. The molecule has 0 radical (unpaired) electrons. The van der Waals surface area contributed by atoms with Crippen LogP contribution in [0.3, 0.4) is 0 Å². The fourth-order valence-corrected chi connectivity index (χ4v) is 5.49. The van der Waals surface area contributed by atoms with Gasteiger partial charge in [0.1, 0.15) is 23.4 Å². The van der Waals surface area contributed by atoms with Gasteiger partial charge in [0.2, 0.25) is 0 Å². The van der Waals surface area contributed by atoms with Gasteiger partial charge in [-0.25, -0.2) is 4.79 Å². The Bertz CT molecular complexity index is 1250. The number of Topliss-reactive ketones (excluding diaryl/α,β-unsaturated/α-hetero) is 1. The molecule has 3 aromatic carbocycles. The molecule has 1 heterocycles. The third kappa shape index (κ3) is 8.99. The van der Waals surface area contributed by atoms with E-state index in [1.54, 1.807) is 0 Å². The molecule has 3 aromatic rings. The molecule has 5 atom stereocenters. The molecule has 0 saturated carbocycles. The van der Waals surface area contributed by atoms with E-state index in [1.807, 2.05) is 91.0 Å². The van der Waals surface area contributed by atoms with Crippen molar-refractivity contribution in [2.75, 3.05) is 7.11 Å². The Kier molecular flexibility index (Phi) is 11.5. The maximum Gasteiger partial charge on any atom is 0.339 e. The van der Waals surface area contributed by atoms with Crippen LogP contribution in [0.15, 0.2) is 95.9 Å². The summed E-state index contributed by atoms with van der Waals surface area (Å²) in [4.78, 5) is 38.3. The Morgan fingerprint density at radius 3 is 1.80 bits per heavy atom. The molecule has 1 fully saturated rings. The van der Waals surface area contributed by atoms with E-state index in [-0.39, 0.29) is 31.8 Å². The Hall–Kier alpha value is -3.50. The van der Waals surface area contributed by atoms with Crippen LogP contribution in [0.1, 0.15) is 30.9 Å². The lowest BCUT2D eigenvalue weighted by Crippen LogP contribution is -2.62. The fourth-order valence-electron chi connectivity index (χ4n) is 4.36. The summed E-state index contributed by atoms with van der Waals surface area (Å²) in [6, 6.07) is 28.8. The van der Waals surface area contributed by atoms with Gasteiger partial charge < -0.3 is 28.5 Å². The van der Waals surface area contributed by atoms with Crippen LogP contribution in [0.4, 0.5) is 0 Å². The van der Waals surface area contributed by atoms with Gasteiger partial charge in [-0.1, -0.05) is 90.6 Å². The molecule has 1 saturated heterocycles. The van der Waals surface area contributed by atoms with Crippen molar-refractivity contribution in [3.05, 3.63) is 102 Å². The van der Waals surface area contributed by atoms with Crippen LogP contribution in [0.25, 0.3) is 0 Å². The standard InChI is InChI=1S/C32H34O8S/c1-22(33)18-19-26(34)39-28-27(37-20-23-12-6-3-7-13-23)30(38-21-24-14-8-4-9-15-24)32(40-29(28)31(35)36-2)41-25-16-10-5-11-17-25/h3-17,27-30,32H,18-21H2,1-2H3/t27-,28-,29-,30-,32-/m0/s1. The van der Waals surface area contributed by atoms with Crippen molar-refractivity contribution in [3.63, 3.8) is 0 Å². The highest BCUT2D eigenvalue weighted by Gasteiger charge is 2.53. The molecular weight excluding hydrogens is 544 g/mol. The van der Waals surface area contributed by atoms with Crippen molar-refractivity contribution in [2.24, 2.45) is 0 Å². The van der Waals surface area contributed by atoms with E-state index in [2.05, 4.69) is 0 Å². The molecule has 0 N–H and O–H groups in total. The van der Waals surface area contributed by atoms with Crippen molar-refractivity contribution in [2.45, 2.75) is 67.7 Å². The highest BCUT2D eigenvalue weighted by Crippen LogP contribution is 2.38. The molecule has 0 aliphatic carbocycles. The van der Waals surface area contributed by atoms with Crippen LogP contribution >= 0.6 is 11.8 Å². The summed E-state index contributed by atoms with van der Waals surface area (Å²) >= 11 is 1.38. The predicted molar refractivity (Wildman–Crippen MR) is 153 cm³/mol. The molecule has 1 aliphatic rings. The minimum atomic E-state index is -1.28. The zero-order chi connectivity index (χ0) is 29.0. The van der Waals surface area contributed by atoms with E-state index in [9.17, 15) is 14.4 Å². The number of carbonyl (C=O) groups excluding carboxylic acids is 3. The zero-order valence-electron chi connectivity index (χ0n) is 23.0. The van der Waals surface area contributed by atoms with E-state index in [0.717, 1.165) is 16.0 Å². The average Bonchev–Trinajstić information content (AvgIpc) is 3.00. The van der Waals surface area contributed by atoms with Crippen molar-refractivity contribution < 1.29 is 38.1 Å². The third-order valence-electron chi connectivity index (χ3n) is 6.44. The van der Waals surface area contributed by atoms with Gasteiger partial charge in [0.05, 0.1) is 26.7 Å². The summed E-state index contributed by atoms with van der Waals surface area (Å²) < 4.78 is 30.1. The van der Waals surface area contributed by atoms with Gasteiger partial charge in [-0.05, 0) is 30.2 Å². The molecule has 216 valence electrons. The van der Waals surface area contributed by atoms with Crippen LogP contribution in [-0.2, 0) is 51.3 Å². The highest BCUT2D eigenvalue weighted by molar-refractivity contribution is 7.99. The Balaban J connectivity index is 1.69. The van der Waals surface area contributed by atoms with E-state index < -0.39 is 41.8 Å². The number of rotatable bonds is 13. The second-order valence-electron chi connectivity index (χ2n) is 9.56. The maximum atomic E-state index is 13.0. The van der Waals surface area contributed by atoms with Gasteiger partial charge in [0, 0.05) is 11.3 Å². The number of hydrogen-bond donors (Lipinski definition) is 0. The molecule has 8 nitrogen and oxygen atoms in total. The largest absolute Gasteiger partial charge is 0.467 e. The van der Waals surface area contributed by atoms with Crippen molar-refractivity contribution >= 4 is 29.5 Å². The first-order valence-electron chi connectivity index (χ1n) is 13.4. The minimum absolute atomic E-state index is 0.0191. The van der Waals surface area contributed by atoms with Crippen LogP contribution in [0.2, 0.25) is 0 Å². The molecule has 1 aliphatic heterocycles. The van der Waals surface area contributed by atoms with E-state index in [0.29, 0.717) is 0 Å². The predicted octanol–water partition coefficient (Wildman–Crippen LogP) is 5.13. The maximum absolute atomic E-state index is 13.0. The van der Waals surface area contributed by atoms with E-state index >= 15 is 0 Å². The Morgan fingerprint density at radius 2 is 1.27 bits per heavy atom. The molecule has 9 heteroatoms. The number of ether oxygens (including phenoxy) is 5. The molecule has 0 unspecified atom stereocenters. The number of carbonyl (C=O) groups is 3. The summed E-state index contributed by atoms with van der Waals surface area (Å²) in [5.41, 5.74) is 1.12. The van der Waals surface area contributed by atoms with Gasteiger partial charge in [-0.3, -0.25) is 4.79 Å². The van der Waals surface area contributed by atoms with Gasteiger partial charge in [-0.2, -0.15) is 0 Å². The lowest BCUT2D eigenvalue weighted by molar-refractivity contribution is -0.243. The fraction of sp³-hybridized carbons (Fsp3) is 0.344. The summed E-state index contributed by atoms with van der Waals surface area (Å²) in [6.45, 7) is 1.81. The first kappa shape index (κ1) is 30.5. The second-order valence-corrected chi connectivity index (χ2v) is 10.7. The summed E-state index contributed by atoms with van der Waals surface area (Å²) in [5, 5.41) is 0. The summed E-state index contributed by atoms with van der Waals surface area (Å²) in [7, 11) is 1.25. The monoisotopic (exact) mass is 578 g/mol. The molecule has 4 rings (SSSR count). The van der Waals surface area contributed by atoms with Crippen LogP contribution in [0.5, 0.6) is 0 Å². The van der Waals surface area contributed by atoms with E-state index in [1.165, 1.54) is 25.8 Å². The highest BCUT2D eigenvalue weighted by atomic mass is 32.2. The van der Waals surface area contributed by atoms with Crippen molar-refractivity contribution in [1.82, 2.24) is 0 Å². The number of methoxy groups -OCH3 is 1. The van der Waals surface area contributed by atoms with Crippen molar-refractivity contribution in [3.8, 4) is 0 Å². The van der Waals surface area contributed by atoms with Crippen LogP contribution in [-0.4, -0.2) is 54.7 Å². The topological polar surface area (TPSA) is 97.4 Å². The molecular formula is C32H34O8S. The number of ketones is 1. The number of benzene rings is 3. The number of hydrogen-bond acceptors (Lipinski definition) is 9. The number of thioether (sulfide) groups is 1. The second kappa shape index (κ2) is 15.5. The van der Waals surface area contributed by atoms with Gasteiger partial charge >= 0.3 is 11.9 Å². The molecule has 0 aromatic heterocycles. The third-order valence-corrected chi connectivity index (χ3v) is 7.60. The minimum Gasteiger partial charge on any atom is -0.467 e. The average molecular weight is 579 g/mol. The molecule has 0 spiro atoms. The van der Waals surface area contributed by atoms with Gasteiger partial charge in [0.15, 0.2) is 12.2 Å². The van der Waals surface area contributed by atoms with Crippen LogP contribution in [0, 0.1) is 0 Å². The lowest BCUT2D eigenvalue weighted by Gasteiger charge is -2.44. The van der Waals surface area contributed by atoms with E-state index in [4.69, 9.17) is 23.7 Å². The van der Waals surface area contributed by atoms with Crippen LogP contribution < -0.4 is 0 Å². The first-order valence-corrected chi connectivity index (χ1v) is 14.3. The Labute approximate surface area is 244 Å². The Morgan fingerprint density at radius 1 is 0.732 bits per heavy atom. The summed E-state index contributed by atoms with van der Waals surface area (Å²) in [6.07, 6.45) is -4.23. The lowest BCUT2D eigenvalue weighted by atomic mass is 9.98. The van der Waals surface area contributed by atoms with Gasteiger partial charge in [0.25, 0.3) is 0 Å². The smallest absolute Gasteiger partial charge is 0.339 e. The molecule has 0 amide bonds. The SMILES string of the molecule is COC(=O)[C@H]1O[C@@H](Sc2ccccc2)[C@@H](OCc2ccccc2)[C@@H](OCc2ccccc2)[C@@H]1OC(=O)CCC(C)=O. The molecule has 0 bridgehead atoms.